The van der Waals surface area contributed by atoms with Gasteiger partial charge in [0.25, 0.3) is 5.91 Å². The van der Waals surface area contributed by atoms with Gasteiger partial charge in [-0.2, -0.15) is 10.1 Å². The van der Waals surface area contributed by atoms with E-state index in [0.29, 0.717) is 20.6 Å². The highest BCUT2D eigenvalue weighted by Gasteiger charge is 2.14. The fourth-order valence-corrected chi connectivity index (χ4v) is 3.43. The highest BCUT2D eigenvalue weighted by Crippen LogP contribution is 2.20. The zero-order chi connectivity index (χ0) is 19.4. The van der Waals surface area contributed by atoms with Crippen molar-refractivity contribution < 1.29 is 23.9 Å². The maximum Gasteiger partial charge on any atom is 0.337 e. The molecule has 0 bridgehead atoms. The Morgan fingerprint density at radius 3 is 2.67 bits per heavy atom. The number of ether oxygens (including phenoxy) is 2. The van der Waals surface area contributed by atoms with Crippen LogP contribution < -0.4 is 4.80 Å². The van der Waals surface area contributed by atoms with Crippen molar-refractivity contribution in [1.82, 2.24) is 19.3 Å². The van der Waals surface area contributed by atoms with Gasteiger partial charge < -0.3 is 14.0 Å². The highest BCUT2D eigenvalue weighted by molar-refractivity contribution is 7.16. The number of hydrogen-bond donors (Lipinski definition) is 0. The third-order valence-electron chi connectivity index (χ3n) is 3.60. The van der Waals surface area contributed by atoms with E-state index in [9.17, 15) is 14.4 Å². The molecule has 3 rings (SSSR count). The lowest BCUT2D eigenvalue weighted by molar-refractivity contribution is -0.141. The molecule has 27 heavy (non-hydrogen) atoms. The lowest BCUT2D eigenvalue weighted by Gasteiger charge is -2.04. The molecule has 0 spiro atoms. The molecule has 140 valence electrons. The number of benzene rings is 1. The fourth-order valence-electron chi connectivity index (χ4n) is 2.34. The molecule has 2 aromatic heterocycles. The largest absolute Gasteiger partial charge is 0.468 e. The highest BCUT2D eigenvalue weighted by atomic mass is 32.1. The Balaban J connectivity index is 2.06. The number of methoxy groups -OCH3 is 2. The molecule has 0 N–H and O–H groups in total. The number of aromatic nitrogens is 4. The third-order valence-corrected chi connectivity index (χ3v) is 4.64. The SMILES string of the molecule is COC(=O)Cn1c(=NC(=O)Cn2cncn2)sc2cc(C(=O)OC)ccc21. The quantitative estimate of drug-likeness (QED) is 0.579. The minimum Gasteiger partial charge on any atom is -0.468 e. The average molecular weight is 389 g/mol. The van der Waals surface area contributed by atoms with E-state index < -0.39 is 17.8 Å². The van der Waals surface area contributed by atoms with Crippen molar-refractivity contribution in [2.24, 2.45) is 4.99 Å². The van der Waals surface area contributed by atoms with E-state index in [1.54, 1.807) is 22.8 Å². The summed E-state index contributed by atoms with van der Waals surface area (Å²) in [6, 6.07) is 4.87. The minimum atomic E-state index is -0.489. The van der Waals surface area contributed by atoms with E-state index in [2.05, 4.69) is 15.1 Å². The summed E-state index contributed by atoms with van der Waals surface area (Å²) in [5.74, 6) is -1.43. The summed E-state index contributed by atoms with van der Waals surface area (Å²) < 4.78 is 13.0. The van der Waals surface area contributed by atoms with Crippen molar-refractivity contribution in [2.45, 2.75) is 13.1 Å². The van der Waals surface area contributed by atoms with Gasteiger partial charge >= 0.3 is 11.9 Å². The number of carbonyl (C=O) groups excluding carboxylic acids is 3. The predicted molar refractivity (Wildman–Crippen MR) is 93.8 cm³/mol. The second kappa shape index (κ2) is 7.91. The van der Waals surface area contributed by atoms with E-state index >= 15 is 0 Å². The molecular formula is C16H15N5O5S. The number of thiazole rings is 1. The zero-order valence-electron chi connectivity index (χ0n) is 14.5. The maximum absolute atomic E-state index is 12.2. The van der Waals surface area contributed by atoms with Crippen LogP contribution in [0, 0.1) is 0 Å². The Labute approximate surface area is 156 Å². The maximum atomic E-state index is 12.2. The Morgan fingerprint density at radius 2 is 2.00 bits per heavy atom. The lowest BCUT2D eigenvalue weighted by Crippen LogP contribution is -2.23. The van der Waals surface area contributed by atoms with E-state index in [-0.39, 0.29) is 13.1 Å². The molecule has 10 nitrogen and oxygen atoms in total. The van der Waals surface area contributed by atoms with Crippen LogP contribution in [0.3, 0.4) is 0 Å². The summed E-state index contributed by atoms with van der Waals surface area (Å²) in [5.41, 5.74) is 1.00. The Bertz CT molecular complexity index is 1070. The normalized spacial score (nSPS) is 11.6. The third kappa shape index (κ3) is 4.08. The predicted octanol–water partition coefficient (Wildman–Crippen LogP) is 0.381. The first-order valence-electron chi connectivity index (χ1n) is 7.70. The molecule has 11 heteroatoms. The monoisotopic (exact) mass is 389 g/mol. The van der Waals surface area contributed by atoms with Crippen molar-refractivity contribution in [3.8, 4) is 0 Å². The van der Waals surface area contributed by atoms with Crippen LogP contribution in [0.25, 0.3) is 10.2 Å². The minimum absolute atomic E-state index is 0.0835. The average Bonchev–Trinajstić information content (AvgIpc) is 3.28. The molecule has 1 aromatic carbocycles. The summed E-state index contributed by atoms with van der Waals surface area (Å²) in [4.78, 5) is 43.9. The van der Waals surface area contributed by atoms with Crippen LogP contribution in [-0.2, 0) is 32.2 Å². The molecule has 0 fully saturated rings. The molecule has 0 unspecified atom stereocenters. The second-order valence-electron chi connectivity index (χ2n) is 5.32. The van der Waals surface area contributed by atoms with E-state index in [4.69, 9.17) is 9.47 Å². The van der Waals surface area contributed by atoms with Gasteiger partial charge in [-0.3, -0.25) is 9.59 Å². The smallest absolute Gasteiger partial charge is 0.337 e. The molecule has 0 aliphatic carbocycles. The number of esters is 2. The van der Waals surface area contributed by atoms with Gasteiger partial charge in [-0.1, -0.05) is 11.3 Å². The Morgan fingerprint density at radius 1 is 1.19 bits per heavy atom. The van der Waals surface area contributed by atoms with Crippen molar-refractivity contribution >= 4 is 39.4 Å². The Kier molecular flexibility index (Phi) is 5.41. The van der Waals surface area contributed by atoms with Gasteiger partial charge in [-0.05, 0) is 18.2 Å². The van der Waals surface area contributed by atoms with Gasteiger partial charge in [0.05, 0.1) is 30.0 Å². The lowest BCUT2D eigenvalue weighted by atomic mass is 10.2. The van der Waals surface area contributed by atoms with Gasteiger partial charge in [0.15, 0.2) is 4.80 Å². The second-order valence-corrected chi connectivity index (χ2v) is 6.33. The van der Waals surface area contributed by atoms with Crippen LogP contribution in [0.1, 0.15) is 10.4 Å². The van der Waals surface area contributed by atoms with Gasteiger partial charge in [-0.25, -0.2) is 14.5 Å². The van der Waals surface area contributed by atoms with Crippen LogP contribution >= 0.6 is 11.3 Å². The molecule has 0 aliphatic rings. The van der Waals surface area contributed by atoms with Crippen LogP contribution in [-0.4, -0.2) is 51.4 Å². The first kappa shape index (κ1) is 18.5. The van der Waals surface area contributed by atoms with Gasteiger partial charge in [0.1, 0.15) is 25.7 Å². The van der Waals surface area contributed by atoms with Crippen LogP contribution in [0.2, 0.25) is 0 Å². The summed E-state index contributed by atoms with van der Waals surface area (Å²) >= 11 is 1.17. The number of hydrogen-bond acceptors (Lipinski definition) is 8. The van der Waals surface area contributed by atoms with Crippen LogP contribution in [0.5, 0.6) is 0 Å². The molecule has 1 amide bonds. The molecule has 0 saturated carbocycles. The summed E-state index contributed by atoms with van der Waals surface area (Å²) in [7, 11) is 2.57. The summed E-state index contributed by atoms with van der Waals surface area (Å²) in [6.45, 7) is -0.205. The van der Waals surface area contributed by atoms with E-state index in [1.807, 2.05) is 0 Å². The molecular weight excluding hydrogens is 374 g/mol. The van der Waals surface area contributed by atoms with Crippen molar-refractivity contribution in [2.75, 3.05) is 14.2 Å². The fraction of sp³-hybridized carbons (Fsp3) is 0.250. The molecule has 0 atom stereocenters. The molecule has 3 aromatic rings. The van der Waals surface area contributed by atoms with Gasteiger partial charge in [0.2, 0.25) is 0 Å². The molecule has 2 heterocycles. The summed E-state index contributed by atoms with van der Waals surface area (Å²) in [5, 5.41) is 3.86. The van der Waals surface area contributed by atoms with Crippen molar-refractivity contribution in [3.05, 3.63) is 41.2 Å². The first-order chi connectivity index (χ1) is 13.0. The number of rotatable bonds is 5. The Hall–Kier alpha value is -3.34. The van der Waals surface area contributed by atoms with Crippen molar-refractivity contribution in [1.29, 1.82) is 0 Å². The number of nitrogens with zero attached hydrogens (tertiary/aromatic N) is 5. The van der Waals surface area contributed by atoms with Crippen LogP contribution in [0.15, 0.2) is 35.8 Å². The topological polar surface area (TPSA) is 118 Å². The van der Waals surface area contributed by atoms with Crippen LogP contribution in [0.4, 0.5) is 0 Å². The number of amides is 1. The summed E-state index contributed by atoms with van der Waals surface area (Å²) in [6.07, 6.45) is 2.72. The first-order valence-corrected chi connectivity index (χ1v) is 8.52. The molecule has 0 saturated heterocycles. The standard InChI is InChI=1S/C16H15N5O5S/c1-25-14(23)7-21-11-4-3-10(15(24)26-2)5-12(11)27-16(21)19-13(22)6-20-9-17-8-18-20/h3-5,8-9H,6-7H2,1-2H3. The van der Waals surface area contributed by atoms with E-state index in [0.717, 1.165) is 0 Å². The molecule has 0 radical (unpaired) electrons. The zero-order valence-corrected chi connectivity index (χ0v) is 15.3. The van der Waals surface area contributed by atoms with Crippen molar-refractivity contribution in [3.63, 3.8) is 0 Å². The number of carbonyl (C=O) groups is 3. The van der Waals surface area contributed by atoms with E-state index in [1.165, 1.54) is 42.9 Å². The van der Waals surface area contributed by atoms with Gasteiger partial charge in [-0.15, -0.1) is 0 Å². The number of fused-ring (bicyclic) bond motifs is 1. The molecule has 0 aliphatic heterocycles. The van der Waals surface area contributed by atoms with Gasteiger partial charge in [0, 0.05) is 0 Å².